The molecule has 5 heteroatoms. The number of carboxylic acid groups (broad SMARTS) is 1. The van der Waals surface area contributed by atoms with E-state index in [2.05, 4.69) is 17.1 Å². The lowest BCUT2D eigenvalue weighted by molar-refractivity contribution is -0.144. The van der Waals surface area contributed by atoms with Gasteiger partial charge in [0.15, 0.2) is 0 Å². The van der Waals surface area contributed by atoms with E-state index in [1.165, 1.54) is 6.42 Å². The Kier molecular flexibility index (Phi) is 7.48. The van der Waals surface area contributed by atoms with Gasteiger partial charge in [-0.25, -0.2) is 0 Å². The number of piperidine rings is 1. The molecule has 2 N–H and O–H groups in total. The van der Waals surface area contributed by atoms with Gasteiger partial charge in [-0.2, -0.15) is 0 Å². The van der Waals surface area contributed by atoms with E-state index in [4.69, 9.17) is 4.74 Å². The Morgan fingerprint density at radius 2 is 2.30 bits per heavy atom. The summed E-state index contributed by atoms with van der Waals surface area (Å²) in [6.45, 7) is 7.77. The summed E-state index contributed by atoms with van der Waals surface area (Å²) in [6, 6.07) is 0. The molecule has 1 aliphatic heterocycles. The summed E-state index contributed by atoms with van der Waals surface area (Å²) < 4.78 is 5.82. The van der Waals surface area contributed by atoms with Crippen LogP contribution < -0.4 is 5.32 Å². The zero-order valence-electron chi connectivity index (χ0n) is 13.2. The molecule has 0 saturated carbocycles. The van der Waals surface area contributed by atoms with Gasteiger partial charge in [0.1, 0.15) is 5.54 Å². The molecule has 1 saturated heterocycles. The van der Waals surface area contributed by atoms with E-state index >= 15 is 0 Å². The number of likely N-dealkylation sites (tertiary alicyclic amines) is 1. The van der Waals surface area contributed by atoms with Crippen LogP contribution in [-0.4, -0.2) is 60.9 Å². The summed E-state index contributed by atoms with van der Waals surface area (Å²) in [5.41, 5.74) is -0.812. The largest absolute Gasteiger partial charge is 0.480 e. The molecule has 0 radical (unpaired) electrons. The predicted molar refractivity (Wildman–Crippen MR) is 80.0 cm³/mol. The number of nitrogens with zero attached hydrogens (tertiary/aromatic N) is 1. The van der Waals surface area contributed by atoms with Crippen LogP contribution in [0.1, 0.15) is 46.0 Å². The molecule has 1 fully saturated rings. The van der Waals surface area contributed by atoms with E-state index in [1.807, 2.05) is 0 Å². The molecule has 1 rings (SSSR count). The Labute approximate surface area is 122 Å². The van der Waals surface area contributed by atoms with Gasteiger partial charge in [0.25, 0.3) is 0 Å². The normalized spacial score (nSPS) is 23.4. The van der Waals surface area contributed by atoms with Gasteiger partial charge in [-0.3, -0.25) is 4.79 Å². The molecule has 2 atom stereocenters. The first-order chi connectivity index (χ1) is 9.51. The van der Waals surface area contributed by atoms with Gasteiger partial charge in [0.2, 0.25) is 0 Å². The van der Waals surface area contributed by atoms with Crippen molar-refractivity contribution in [2.45, 2.75) is 57.6 Å². The predicted octanol–water partition coefficient (Wildman–Crippen LogP) is 1.72. The first-order valence-corrected chi connectivity index (χ1v) is 7.78. The van der Waals surface area contributed by atoms with Gasteiger partial charge < -0.3 is 20.1 Å². The van der Waals surface area contributed by atoms with Crippen molar-refractivity contribution in [2.75, 3.05) is 33.3 Å². The number of carbonyl (C=O) groups is 1. The second kappa shape index (κ2) is 8.60. The fourth-order valence-electron chi connectivity index (χ4n) is 2.63. The highest BCUT2D eigenvalue weighted by Gasteiger charge is 2.30. The van der Waals surface area contributed by atoms with Gasteiger partial charge in [-0.15, -0.1) is 0 Å². The smallest absolute Gasteiger partial charge is 0.323 e. The number of likely N-dealkylation sites (N-methyl/N-ethyl adjacent to an activating group) is 1. The monoisotopic (exact) mass is 286 g/mol. The Morgan fingerprint density at radius 3 is 2.90 bits per heavy atom. The third kappa shape index (κ3) is 5.38. The van der Waals surface area contributed by atoms with Crippen LogP contribution in [-0.2, 0) is 9.53 Å². The number of aliphatic carboxylic acids is 1. The molecular formula is C15H30N2O3. The zero-order chi connectivity index (χ0) is 15.0. The molecule has 0 spiro atoms. The molecule has 0 amide bonds. The van der Waals surface area contributed by atoms with Crippen molar-refractivity contribution < 1.29 is 14.6 Å². The third-order valence-electron chi connectivity index (χ3n) is 4.19. The fourth-order valence-corrected chi connectivity index (χ4v) is 2.63. The van der Waals surface area contributed by atoms with Gasteiger partial charge in [-0.1, -0.05) is 6.92 Å². The summed E-state index contributed by atoms with van der Waals surface area (Å²) in [4.78, 5) is 13.6. The minimum Gasteiger partial charge on any atom is -0.480 e. The van der Waals surface area contributed by atoms with E-state index in [0.717, 1.165) is 45.5 Å². The Morgan fingerprint density at radius 1 is 1.55 bits per heavy atom. The number of carboxylic acids is 1. The molecule has 5 nitrogen and oxygen atoms in total. The van der Waals surface area contributed by atoms with Crippen molar-refractivity contribution in [3.05, 3.63) is 0 Å². The fraction of sp³-hybridized carbons (Fsp3) is 0.933. The van der Waals surface area contributed by atoms with E-state index in [9.17, 15) is 9.90 Å². The number of ether oxygens (including phenoxy) is 1. The van der Waals surface area contributed by atoms with Gasteiger partial charge >= 0.3 is 5.97 Å². The van der Waals surface area contributed by atoms with Gasteiger partial charge in [-0.05, 0) is 59.2 Å². The van der Waals surface area contributed by atoms with Crippen LogP contribution in [0.25, 0.3) is 0 Å². The zero-order valence-corrected chi connectivity index (χ0v) is 13.2. The topological polar surface area (TPSA) is 61.8 Å². The SMILES string of the molecule is CCCOC1CCCN(CCCC(C)(NC)C(=O)O)C1. The third-order valence-corrected chi connectivity index (χ3v) is 4.19. The second-order valence-electron chi connectivity index (χ2n) is 5.93. The quantitative estimate of drug-likeness (QED) is 0.676. The van der Waals surface area contributed by atoms with Crippen molar-refractivity contribution in [3.63, 3.8) is 0 Å². The van der Waals surface area contributed by atoms with Gasteiger partial charge in [0, 0.05) is 13.2 Å². The lowest BCUT2D eigenvalue weighted by atomic mass is 9.96. The maximum atomic E-state index is 11.2. The molecule has 0 aromatic heterocycles. The van der Waals surface area contributed by atoms with Crippen LogP contribution in [0.2, 0.25) is 0 Å². The number of nitrogens with one attached hydrogen (secondary N) is 1. The second-order valence-corrected chi connectivity index (χ2v) is 5.93. The maximum Gasteiger partial charge on any atom is 0.323 e. The molecule has 0 bridgehead atoms. The first-order valence-electron chi connectivity index (χ1n) is 7.78. The van der Waals surface area contributed by atoms with E-state index in [0.29, 0.717) is 12.5 Å². The molecule has 1 heterocycles. The van der Waals surface area contributed by atoms with Crippen molar-refractivity contribution in [2.24, 2.45) is 0 Å². The molecule has 2 unspecified atom stereocenters. The summed E-state index contributed by atoms with van der Waals surface area (Å²) in [5.74, 6) is -0.775. The summed E-state index contributed by atoms with van der Waals surface area (Å²) in [5, 5.41) is 12.1. The number of hydrogen-bond acceptors (Lipinski definition) is 4. The van der Waals surface area contributed by atoms with Crippen molar-refractivity contribution in [1.29, 1.82) is 0 Å². The number of hydrogen-bond donors (Lipinski definition) is 2. The first kappa shape index (κ1) is 17.4. The lowest BCUT2D eigenvalue weighted by Gasteiger charge is -2.33. The summed E-state index contributed by atoms with van der Waals surface area (Å²) >= 11 is 0. The van der Waals surface area contributed by atoms with E-state index in [1.54, 1.807) is 14.0 Å². The molecule has 0 aromatic carbocycles. The van der Waals surface area contributed by atoms with E-state index in [-0.39, 0.29) is 0 Å². The van der Waals surface area contributed by atoms with Crippen LogP contribution in [0.5, 0.6) is 0 Å². The molecule has 0 aliphatic carbocycles. The van der Waals surface area contributed by atoms with Crippen molar-refractivity contribution >= 4 is 5.97 Å². The lowest BCUT2D eigenvalue weighted by Crippen LogP contribution is -2.48. The average molecular weight is 286 g/mol. The minimum absolute atomic E-state index is 0.360. The molecular weight excluding hydrogens is 256 g/mol. The highest BCUT2D eigenvalue weighted by molar-refractivity contribution is 5.78. The minimum atomic E-state index is -0.812. The highest BCUT2D eigenvalue weighted by Crippen LogP contribution is 2.17. The van der Waals surface area contributed by atoms with Crippen LogP contribution in [0.4, 0.5) is 0 Å². The van der Waals surface area contributed by atoms with Crippen LogP contribution in [0.3, 0.4) is 0 Å². The van der Waals surface area contributed by atoms with Crippen molar-refractivity contribution in [3.8, 4) is 0 Å². The van der Waals surface area contributed by atoms with Crippen LogP contribution >= 0.6 is 0 Å². The molecule has 1 aliphatic rings. The Balaban J connectivity index is 2.29. The molecule has 118 valence electrons. The van der Waals surface area contributed by atoms with Crippen molar-refractivity contribution in [1.82, 2.24) is 10.2 Å². The summed E-state index contributed by atoms with van der Waals surface area (Å²) in [6.07, 6.45) is 5.30. The number of rotatable bonds is 9. The molecule has 20 heavy (non-hydrogen) atoms. The Bertz CT molecular complexity index is 299. The summed E-state index contributed by atoms with van der Waals surface area (Å²) in [7, 11) is 1.71. The molecule has 0 aromatic rings. The van der Waals surface area contributed by atoms with E-state index < -0.39 is 11.5 Å². The standard InChI is InChI=1S/C15H30N2O3/c1-4-11-20-13-7-5-9-17(12-13)10-6-8-15(2,16-3)14(18)19/h13,16H,4-12H2,1-3H3,(H,18,19). The van der Waals surface area contributed by atoms with Crippen LogP contribution in [0, 0.1) is 0 Å². The maximum absolute atomic E-state index is 11.2. The van der Waals surface area contributed by atoms with Gasteiger partial charge in [0.05, 0.1) is 6.10 Å². The Hall–Kier alpha value is -0.650. The highest BCUT2D eigenvalue weighted by atomic mass is 16.5. The van der Waals surface area contributed by atoms with Crippen LogP contribution in [0.15, 0.2) is 0 Å². The average Bonchev–Trinajstić information content (AvgIpc) is 2.45.